The molecule has 0 fully saturated rings. The lowest BCUT2D eigenvalue weighted by Crippen LogP contribution is -2.20. The van der Waals surface area contributed by atoms with Crippen molar-refractivity contribution in [1.82, 2.24) is 29.3 Å². The van der Waals surface area contributed by atoms with Crippen LogP contribution in [0.4, 0.5) is 5.69 Å². The van der Waals surface area contributed by atoms with Crippen molar-refractivity contribution in [3.05, 3.63) is 61.2 Å². The summed E-state index contributed by atoms with van der Waals surface area (Å²) in [6.45, 7) is 0.0966. The SMILES string of the molecule is Cn1cc(-c2cc(-c3cnn(C)c3)n(CC(=O)Nc3ccccc3)n2)cn1. The Morgan fingerprint density at radius 3 is 2.30 bits per heavy atom. The zero-order chi connectivity index (χ0) is 18.8. The molecule has 4 aromatic rings. The Labute approximate surface area is 156 Å². The maximum absolute atomic E-state index is 12.5. The lowest BCUT2D eigenvalue weighted by Gasteiger charge is -2.07. The van der Waals surface area contributed by atoms with E-state index in [9.17, 15) is 4.79 Å². The van der Waals surface area contributed by atoms with Crippen molar-refractivity contribution in [2.24, 2.45) is 14.1 Å². The van der Waals surface area contributed by atoms with Crippen molar-refractivity contribution in [3.8, 4) is 22.5 Å². The molecule has 0 bridgehead atoms. The van der Waals surface area contributed by atoms with E-state index in [0.29, 0.717) is 0 Å². The van der Waals surface area contributed by atoms with Crippen molar-refractivity contribution in [2.75, 3.05) is 5.32 Å². The zero-order valence-electron chi connectivity index (χ0n) is 15.1. The van der Waals surface area contributed by atoms with Crippen LogP contribution in [0.1, 0.15) is 0 Å². The molecule has 1 N–H and O–H groups in total. The second kappa shape index (κ2) is 6.91. The van der Waals surface area contributed by atoms with Crippen LogP contribution in [0, 0.1) is 0 Å². The molecule has 136 valence electrons. The van der Waals surface area contributed by atoms with Crippen LogP contribution in [-0.2, 0) is 25.4 Å². The van der Waals surface area contributed by atoms with Gasteiger partial charge in [0.15, 0.2) is 0 Å². The van der Waals surface area contributed by atoms with E-state index in [0.717, 1.165) is 28.2 Å². The molecule has 0 unspecified atom stereocenters. The second-order valence-electron chi connectivity index (χ2n) is 6.29. The molecule has 1 aromatic carbocycles. The average Bonchev–Trinajstić information content (AvgIpc) is 3.36. The van der Waals surface area contributed by atoms with Gasteiger partial charge in [0, 0.05) is 43.3 Å². The van der Waals surface area contributed by atoms with E-state index in [2.05, 4.69) is 20.6 Å². The average molecular weight is 361 g/mol. The van der Waals surface area contributed by atoms with Crippen LogP contribution in [0.25, 0.3) is 22.5 Å². The number of carbonyl (C=O) groups excluding carboxylic acids is 1. The van der Waals surface area contributed by atoms with E-state index in [1.165, 1.54) is 0 Å². The Hall–Kier alpha value is -3.68. The van der Waals surface area contributed by atoms with Crippen LogP contribution < -0.4 is 5.32 Å². The minimum atomic E-state index is -0.146. The summed E-state index contributed by atoms with van der Waals surface area (Å²) in [5, 5.41) is 15.9. The predicted octanol–water partition coefficient (Wildman–Crippen LogP) is 2.32. The Balaban J connectivity index is 1.65. The number of aromatic nitrogens is 6. The highest BCUT2D eigenvalue weighted by atomic mass is 16.2. The molecule has 0 radical (unpaired) electrons. The monoisotopic (exact) mass is 361 g/mol. The van der Waals surface area contributed by atoms with Gasteiger partial charge >= 0.3 is 0 Å². The molecule has 0 saturated heterocycles. The molecule has 27 heavy (non-hydrogen) atoms. The van der Waals surface area contributed by atoms with Crippen LogP contribution in [0.3, 0.4) is 0 Å². The van der Waals surface area contributed by atoms with Crippen molar-refractivity contribution < 1.29 is 4.79 Å². The van der Waals surface area contributed by atoms with E-state index >= 15 is 0 Å². The van der Waals surface area contributed by atoms with Gasteiger partial charge in [-0.25, -0.2) is 0 Å². The maximum Gasteiger partial charge on any atom is 0.246 e. The molecule has 8 heteroatoms. The number of hydrogen-bond acceptors (Lipinski definition) is 4. The number of aryl methyl sites for hydroxylation is 2. The smallest absolute Gasteiger partial charge is 0.246 e. The van der Waals surface area contributed by atoms with Gasteiger partial charge in [0.2, 0.25) is 5.91 Å². The molecule has 8 nitrogen and oxygen atoms in total. The molecular weight excluding hydrogens is 342 g/mol. The summed E-state index contributed by atoms with van der Waals surface area (Å²) in [7, 11) is 3.71. The molecule has 0 aliphatic carbocycles. The summed E-state index contributed by atoms with van der Waals surface area (Å²) in [6, 6.07) is 11.3. The lowest BCUT2D eigenvalue weighted by molar-refractivity contribution is -0.116. The molecule has 0 aliphatic rings. The summed E-state index contributed by atoms with van der Waals surface area (Å²) in [6.07, 6.45) is 7.30. The van der Waals surface area contributed by atoms with Crippen molar-refractivity contribution >= 4 is 11.6 Å². The molecule has 4 rings (SSSR count). The molecule has 3 heterocycles. The van der Waals surface area contributed by atoms with Crippen LogP contribution in [0.2, 0.25) is 0 Å². The largest absolute Gasteiger partial charge is 0.324 e. The van der Waals surface area contributed by atoms with Crippen molar-refractivity contribution in [3.63, 3.8) is 0 Å². The van der Waals surface area contributed by atoms with E-state index in [-0.39, 0.29) is 12.5 Å². The van der Waals surface area contributed by atoms with Gasteiger partial charge < -0.3 is 5.32 Å². The number of hydrogen-bond donors (Lipinski definition) is 1. The normalized spacial score (nSPS) is 10.9. The molecule has 0 saturated carbocycles. The van der Waals surface area contributed by atoms with Gasteiger partial charge in [0.05, 0.1) is 23.8 Å². The van der Waals surface area contributed by atoms with Gasteiger partial charge in [-0.1, -0.05) is 18.2 Å². The van der Waals surface area contributed by atoms with E-state index in [4.69, 9.17) is 0 Å². The fraction of sp³-hybridized carbons (Fsp3) is 0.158. The summed E-state index contributed by atoms with van der Waals surface area (Å²) in [4.78, 5) is 12.5. The third kappa shape index (κ3) is 3.64. The Morgan fingerprint density at radius 2 is 1.67 bits per heavy atom. The molecule has 0 atom stereocenters. The van der Waals surface area contributed by atoms with Gasteiger partial charge in [-0.2, -0.15) is 15.3 Å². The first-order valence-electron chi connectivity index (χ1n) is 8.49. The third-order valence-electron chi connectivity index (χ3n) is 4.13. The number of benzene rings is 1. The predicted molar refractivity (Wildman–Crippen MR) is 102 cm³/mol. The first kappa shape index (κ1) is 16.8. The molecule has 0 aliphatic heterocycles. The van der Waals surface area contributed by atoms with Crippen LogP contribution in [0.5, 0.6) is 0 Å². The van der Waals surface area contributed by atoms with E-state index in [1.807, 2.05) is 62.9 Å². The fourth-order valence-electron chi connectivity index (χ4n) is 2.88. The summed E-state index contributed by atoms with van der Waals surface area (Å²) < 4.78 is 5.14. The highest BCUT2D eigenvalue weighted by Gasteiger charge is 2.16. The number of nitrogens with one attached hydrogen (secondary N) is 1. The van der Waals surface area contributed by atoms with E-state index in [1.54, 1.807) is 26.4 Å². The lowest BCUT2D eigenvalue weighted by atomic mass is 10.2. The maximum atomic E-state index is 12.5. The van der Waals surface area contributed by atoms with Crippen LogP contribution >= 0.6 is 0 Å². The van der Waals surface area contributed by atoms with Crippen molar-refractivity contribution in [2.45, 2.75) is 6.54 Å². The van der Waals surface area contributed by atoms with Crippen molar-refractivity contribution in [1.29, 1.82) is 0 Å². The zero-order valence-corrected chi connectivity index (χ0v) is 15.1. The number of amides is 1. The first-order valence-corrected chi connectivity index (χ1v) is 8.49. The Bertz CT molecular complexity index is 1070. The topological polar surface area (TPSA) is 82.6 Å². The Kier molecular flexibility index (Phi) is 4.29. The summed E-state index contributed by atoms with van der Waals surface area (Å²) in [5.74, 6) is -0.146. The van der Waals surface area contributed by atoms with Crippen LogP contribution in [-0.4, -0.2) is 35.2 Å². The third-order valence-corrected chi connectivity index (χ3v) is 4.13. The number of rotatable bonds is 5. The molecule has 3 aromatic heterocycles. The Morgan fingerprint density at radius 1 is 1.00 bits per heavy atom. The number of carbonyl (C=O) groups is 1. The standard InChI is InChI=1S/C19H19N7O/c1-24-11-14(9-20-24)17-8-18(15-10-21-25(2)12-15)26(23-17)13-19(27)22-16-6-4-3-5-7-16/h3-12H,13H2,1-2H3,(H,22,27). The highest BCUT2D eigenvalue weighted by molar-refractivity contribution is 5.90. The quantitative estimate of drug-likeness (QED) is 0.591. The minimum absolute atomic E-state index is 0.0966. The van der Waals surface area contributed by atoms with E-state index < -0.39 is 0 Å². The van der Waals surface area contributed by atoms with Gasteiger partial charge in [-0.3, -0.25) is 18.8 Å². The molecular formula is C19H19N7O. The molecule has 1 amide bonds. The summed E-state index contributed by atoms with van der Waals surface area (Å²) in [5.41, 5.74) is 4.13. The second-order valence-corrected chi connectivity index (χ2v) is 6.29. The number of para-hydroxylation sites is 1. The van der Waals surface area contributed by atoms with Gasteiger partial charge in [0.1, 0.15) is 6.54 Å². The fourth-order valence-corrected chi connectivity index (χ4v) is 2.88. The molecule has 0 spiro atoms. The highest BCUT2D eigenvalue weighted by Crippen LogP contribution is 2.25. The van der Waals surface area contributed by atoms with Gasteiger partial charge in [0.25, 0.3) is 0 Å². The van der Waals surface area contributed by atoms with Gasteiger partial charge in [-0.15, -0.1) is 0 Å². The first-order chi connectivity index (χ1) is 13.1. The number of nitrogens with zero attached hydrogens (tertiary/aromatic N) is 6. The van der Waals surface area contributed by atoms with Crippen LogP contribution in [0.15, 0.2) is 61.2 Å². The number of anilines is 1. The van der Waals surface area contributed by atoms with Gasteiger partial charge in [-0.05, 0) is 18.2 Å². The minimum Gasteiger partial charge on any atom is -0.324 e. The summed E-state index contributed by atoms with van der Waals surface area (Å²) >= 11 is 0.